The SMILES string of the molecule is Cc1cc(C)nc(NNc2ccc(C(F)(F)F)cc2[N+](=O)[O-])n1. The van der Waals surface area contributed by atoms with E-state index in [1.807, 2.05) is 0 Å². The molecule has 0 saturated heterocycles. The highest BCUT2D eigenvalue weighted by Gasteiger charge is 2.33. The van der Waals surface area contributed by atoms with Crippen molar-refractivity contribution in [2.24, 2.45) is 0 Å². The Bertz CT molecular complexity index is 729. The van der Waals surface area contributed by atoms with Gasteiger partial charge in [-0.3, -0.25) is 21.0 Å². The maximum Gasteiger partial charge on any atom is 0.416 e. The molecule has 0 spiro atoms. The highest BCUT2D eigenvalue weighted by molar-refractivity contribution is 5.64. The van der Waals surface area contributed by atoms with Gasteiger partial charge in [0.25, 0.3) is 5.69 Å². The molecule has 0 amide bonds. The Morgan fingerprint density at radius 1 is 1.09 bits per heavy atom. The van der Waals surface area contributed by atoms with Crippen molar-refractivity contribution in [2.75, 3.05) is 10.9 Å². The fraction of sp³-hybridized carbons (Fsp3) is 0.231. The molecule has 2 N–H and O–H groups in total. The number of hydrazine groups is 1. The normalized spacial score (nSPS) is 11.2. The van der Waals surface area contributed by atoms with Crippen LogP contribution in [0.4, 0.5) is 30.5 Å². The van der Waals surface area contributed by atoms with Crippen molar-refractivity contribution in [1.29, 1.82) is 0 Å². The van der Waals surface area contributed by atoms with Crippen LogP contribution in [0.25, 0.3) is 0 Å². The molecule has 7 nitrogen and oxygen atoms in total. The maximum absolute atomic E-state index is 12.6. The van der Waals surface area contributed by atoms with Crippen LogP contribution in [-0.2, 0) is 6.18 Å². The first kappa shape index (κ1) is 16.5. The number of aromatic nitrogens is 2. The summed E-state index contributed by atoms with van der Waals surface area (Å²) < 4.78 is 37.9. The van der Waals surface area contributed by atoms with Crippen molar-refractivity contribution in [1.82, 2.24) is 9.97 Å². The molecule has 1 heterocycles. The van der Waals surface area contributed by atoms with Gasteiger partial charge in [0.1, 0.15) is 5.69 Å². The van der Waals surface area contributed by atoms with Crippen molar-refractivity contribution in [3.8, 4) is 0 Å². The van der Waals surface area contributed by atoms with E-state index in [0.717, 1.165) is 12.1 Å². The zero-order valence-corrected chi connectivity index (χ0v) is 12.1. The third-order valence-corrected chi connectivity index (χ3v) is 2.81. The molecule has 1 aromatic carbocycles. The lowest BCUT2D eigenvalue weighted by atomic mass is 10.1. The minimum atomic E-state index is -4.66. The van der Waals surface area contributed by atoms with Crippen LogP contribution in [0.2, 0.25) is 0 Å². The molecule has 0 aliphatic carbocycles. The van der Waals surface area contributed by atoms with Crippen LogP contribution in [0.15, 0.2) is 24.3 Å². The Kier molecular flexibility index (Phi) is 4.34. The number of rotatable bonds is 4. The van der Waals surface area contributed by atoms with Gasteiger partial charge in [-0.25, -0.2) is 9.97 Å². The zero-order valence-electron chi connectivity index (χ0n) is 12.1. The molecule has 122 valence electrons. The zero-order chi connectivity index (χ0) is 17.2. The van der Waals surface area contributed by atoms with Crippen molar-refractivity contribution in [2.45, 2.75) is 20.0 Å². The van der Waals surface area contributed by atoms with E-state index in [2.05, 4.69) is 20.8 Å². The van der Waals surface area contributed by atoms with Crippen LogP contribution in [0.3, 0.4) is 0 Å². The number of nitro benzene ring substituents is 1. The number of anilines is 2. The van der Waals surface area contributed by atoms with E-state index in [4.69, 9.17) is 0 Å². The van der Waals surface area contributed by atoms with E-state index < -0.39 is 22.4 Å². The molecule has 10 heteroatoms. The first-order valence-electron chi connectivity index (χ1n) is 6.37. The number of alkyl halides is 3. The van der Waals surface area contributed by atoms with Gasteiger partial charge in [0.2, 0.25) is 5.95 Å². The topological polar surface area (TPSA) is 93.0 Å². The lowest BCUT2D eigenvalue weighted by Gasteiger charge is -2.11. The third kappa shape index (κ3) is 4.05. The van der Waals surface area contributed by atoms with Gasteiger partial charge in [-0.15, -0.1) is 0 Å². The number of hydrogen-bond acceptors (Lipinski definition) is 6. The van der Waals surface area contributed by atoms with Gasteiger partial charge in [-0.2, -0.15) is 13.2 Å². The van der Waals surface area contributed by atoms with Crippen LogP contribution >= 0.6 is 0 Å². The monoisotopic (exact) mass is 327 g/mol. The Labute approximate surface area is 128 Å². The van der Waals surface area contributed by atoms with E-state index in [9.17, 15) is 23.3 Å². The summed E-state index contributed by atoms with van der Waals surface area (Å²) in [6.45, 7) is 3.47. The standard InChI is InChI=1S/C13H12F3N5O2/c1-7-5-8(2)18-12(17-7)20-19-10-4-3-9(13(14,15)16)6-11(10)21(22)23/h3-6,19H,1-2H3,(H,17,18,20). The fourth-order valence-corrected chi connectivity index (χ4v) is 1.87. The van der Waals surface area contributed by atoms with Gasteiger partial charge in [-0.1, -0.05) is 0 Å². The smallest absolute Gasteiger partial charge is 0.292 e. The quantitative estimate of drug-likeness (QED) is 0.660. The van der Waals surface area contributed by atoms with Gasteiger partial charge in [0.05, 0.1) is 10.5 Å². The molecule has 0 saturated carbocycles. The van der Waals surface area contributed by atoms with Gasteiger partial charge < -0.3 is 0 Å². The van der Waals surface area contributed by atoms with E-state index in [1.165, 1.54) is 0 Å². The summed E-state index contributed by atoms with van der Waals surface area (Å²) in [6, 6.07) is 3.91. The average molecular weight is 327 g/mol. The average Bonchev–Trinajstić information content (AvgIpc) is 2.42. The van der Waals surface area contributed by atoms with Crippen molar-refractivity contribution >= 4 is 17.3 Å². The number of aryl methyl sites for hydroxylation is 2. The summed E-state index contributed by atoms with van der Waals surface area (Å²) in [7, 11) is 0. The maximum atomic E-state index is 12.6. The minimum absolute atomic E-state index is 0.134. The fourth-order valence-electron chi connectivity index (χ4n) is 1.87. The van der Waals surface area contributed by atoms with Gasteiger partial charge >= 0.3 is 6.18 Å². The van der Waals surface area contributed by atoms with Crippen LogP contribution in [0, 0.1) is 24.0 Å². The molecule has 0 unspecified atom stereocenters. The molecule has 23 heavy (non-hydrogen) atoms. The van der Waals surface area contributed by atoms with E-state index in [0.29, 0.717) is 17.5 Å². The molecule has 2 aromatic rings. The second kappa shape index (κ2) is 6.07. The third-order valence-electron chi connectivity index (χ3n) is 2.81. The molecule has 0 bridgehead atoms. The van der Waals surface area contributed by atoms with Crippen LogP contribution in [0.5, 0.6) is 0 Å². The minimum Gasteiger partial charge on any atom is -0.292 e. The predicted octanol–water partition coefficient (Wildman–Crippen LogP) is 3.46. The first-order valence-corrected chi connectivity index (χ1v) is 6.37. The van der Waals surface area contributed by atoms with E-state index in [-0.39, 0.29) is 11.6 Å². The molecule has 0 fully saturated rings. The lowest BCUT2D eigenvalue weighted by molar-refractivity contribution is -0.384. The number of nitrogens with one attached hydrogen (secondary N) is 2. The number of hydrogen-bond donors (Lipinski definition) is 2. The second-order valence-corrected chi connectivity index (χ2v) is 4.71. The molecule has 0 aliphatic heterocycles. The molecule has 0 aliphatic rings. The van der Waals surface area contributed by atoms with Gasteiger partial charge in [0.15, 0.2) is 0 Å². The summed E-state index contributed by atoms with van der Waals surface area (Å²) in [5, 5.41) is 11.0. The number of benzene rings is 1. The lowest BCUT2D eigenvalue weighted by Crippen LogP contribution is -2.14. The number of nitro groups is 1. The van der Waals surface area contributed by atoms with Crippen LogP contribution in [0.1, 0.15) is 17.0 Å². The van der Waals surface area contributed by atoms with Crippen LogP contribution < -0.4 is 10.9 Å². The number of nitrogens with zero attached hydrogens (tertiary/aromatic N) is 3. The van der Waals surface area contributed by atoms with Crippen LogP contribution in [-0.4, -0.2) is 14.9 Å². The molecule has 0 atom stereocenters. The van der Waals surface area contributed by atoms with E-state index in [1.54, 1.807) is 19.9 Å². The van der Waals surface area contributed by atoms with E-state index >= 15 is 0 Å². The highest BCUT2D eigenvalue weighted by Crippen LogP contribution is 2.34. The Balaban J connectivity index is 2.27. The van der Waals surface area contributed by atoms with Gasteiger partial charge in [0, 0.05) is 17.5 Å². The molecule has 1 aromatic heterocycles. The van der Waals surface area contributed by atoms with Crippen molar-refractivity contribution in [3.05, 3.63) is 51.3 Å². The second-order valence-electron chi connectivity index (χ2n) is 4.71. The van der Waals surface area contributed by atoms with Crippen molar-refractivity contribution < 1.29 is 18.1 Å². The summed E-state index contributed by atoms with van der Waals surface area (Å²) in [4.78, 5) is 18.2. The molecule has 0 radical (unpaired) electrons. The summed E-state index contributed by atoms with van der Waals surface area (Å²) in [6.07, 6.45) is -4.66. The largest absolute Gasteiger partial charge is 0.416 e. The summed E-state index contributed by atoms with van der Waals surface area (Å²) in [5.41, 5.74) is 4.39. The summed E-state index contributed by atoms with van der Waals surface area (Å²) in [5.74, 6) is 0.150. The predicted molar refractivity (Wildman–Crippen MR) is 76.8 cm³/mol. The Morgan fingerprint density at radius 2 is 1.70 bits per heavy atom. The summed E-state index contributed by atoms with van der Waals surface area (Å²) >= 11 is 0. The first-order chi connectivity index (χ1) is 10.7. The number of halogens is 3. The Morgan fingerprint density at radius 3 is 2.22 bits per heavy atom. The van der Waals surface area contributed by atoms with Crippen molar-refractivity contribution in [3.63, 3.8) is 0 Å². The molecular formula is C13H12F3N5O2. The Hall–Kier alpha value is -2.91. The molecule has 2 rings (SSSR count). The molecular weight excluding hydrogens is 315 g/mol. The van der Waals surface area contributed by atoms with Gasteiger partial charge in [-0.05, 0) is 32.0 Å². The highest BCUT2D eigenvalue weighted by atomic mass is 19.4.